The second-order valence-corrected chi connectivity index (χ2v) is 20.3. The first-order valence-electron chi connectivity index (χ1n) is 6.65. The van der Waals surface area contributed by atoms with Gasteiger partial charge in [-0.2, -0.15) is 0 Å². The van der Waals surface area contributed by atoms with Gasteiger partial charge in [-0.25, -0.2) is 4.79 Å². The van der Waals surface area contributed by atoms with Crippen LogP contribution in [0.4, 0.5) is 4.79 Å². The van der Waals surface area contributed by atoms with Crippen molar-refractivity contribution in [3.05, 3.63) is 0 Å². The molecular formula is CH48N12O44W12. The van der Waals surface area contributed by atoms with Crippen molar-refractivity contribution in [1.29, 1.82) is 0 Å². The van der Waals surface area contributed by atoms with Crippen LogP contribution >= 0.6 is 0 Å². The molecule has 0 rings (SSSR count). The van der Waals surface area contributed by atoms with Crippen LogP contribution in [0.25, 0.3) is 0 Å². The molecule has 0 radical (unpaired) electrons. The Balaban J connectivity index is -0.00000000836. The van der Waals surface area contributed by atoms with Crippen LogP contribution < -0.4 is 73.8 Å². The van der Waals surface area contributed by atoms with E-state index in [1.165, 1.54) is 0 Å². The molecule has 69 heavy (non-hydrogen) atoms. The average Bonchev–Trinajstić information content (AvgIpc) is 2.67. The van der Waals surface area contributed by atoms with Gasteiger partial charge >= 0.3 is 335 Å². The molecule has 0 aliphatic rings. The van der Waals surface area contributed by atoms with Crippen LogP contribution in [0.15, 0.2) is 0 Å². The van der Waals surface area contributed by atoms with Gasteiger partial charge in [0.2, 0.25) is 0 Å². The quantitative estimate of drug-likeness (QED) is 0.144. The van der Waals surface area contributed by atoms with E-state index in [1.807, 2.05) is 0 Å². The summed E-state index contributed by atoms with van der Waals surface area (Å²) in [5, 5.41) is 13.9. The van der Waals surface area contributed by atoms with Crippen LogP contribution in [-0.2, 0) is 356 Å². The standard InChI is InChI=1S/CH2O3.12H3N.41O.12W/c2-1(3)4;;;;;;;;;;;;;;;;;;;;;;;;;;;;;;;;;;;;;;;;;;;;;;;;;;;;;;;;;;;;;;;;;/h(H2,2,3,4);12*1H3;;;;;;;;;;;;;;;;;;;;;;;;;;;;;;;;;;;;;;;;;;;;;;;;;;;;;/q;;;;;;;;;;;;;;;;;;;;;;;;;;;;;;;;;;;;;;;;;;;;;;;;;5*-2;;;;;;;;;;;;/p+10. The molecule has 0 spiro atoms. The van der Waals surface area contributed by atoms with E-state index in [-0.39, 0.29) is 101 Å². The summed E-state index contributed by atoms with van der Waals surface area (Å²) in [5.41, 5.74) is 0. The summed E-state index contributed by atoms with van der Waals surface area (Å²) in [6.45, 7) is 0. The second kappa shape index (κ2) is 201. The number of carbonyl (C=O) groups is 1. The van der Waals surface area contributed by atoms with Gasteiger partial charge < -0.3 is 111 Å². The van der Waals surface area contributed by atoms with Crippen LogP contribution in [0.1, 0.15) is 0 Å². The molecule has 0 aromatic heterocycles. The Morgan fingerprint density at radius 2 is 0.174 bits per heavy atom. The van der Waals surface area contributed by atoms with Crippen molar-refractivity contribution in [2.24, 2.45) is 0 Å². The number of hydrogen-bond acceptors (Lipinski definition) is 39. The Bertz CT molecular complexity index is 1670. The molecule has 0 aliphatic carbocycles. The number of rotatable bonds is 0. The predicted molar refractivity (Wildman–Crippen MR) is 109 cm³/mol. The minimum absolute atomic E-state index is 0. The van der Waals surface area contributed by atoms with Crippen molar-refractivity contribution in [3.8, 4) is 0 Å². The molecule has 0 bridgehead atoms. The van der Waals surface area contributed by atoms with E-state index in [2.05, 4.69) is 0 Å². The Morgan fingerprint density at radius 3 is 0.174 bits per heavy atom. The zero-order valence-electron chi connectivity index (χ0n) is 34.9. The fraction of sp³-hybridized carbons (Fsp3) is 0. The predicted octanol–water partition coefficient (Wildman–Crippen LogP) is -0.592. The van der Waals surface area contributed by atoms with Crippen LogP contribution in [0.3, 0.4) is 0 Å². The van der Waals surface area contributed by atoms with Crippen molar-refractivity contribution in [3.63, 3.8) is 0 Å². The maximum absolute atomic E-state index is 8.61. The van der Waals surface area contributed by atoms with Gasteiger partial charge in [0.15, 0.2) is 0 Å². The van der Waals surface area contributed by atoms with Crippen LogP contribution in [-0.4, -0.2) is 16.4 Å². The molecule has 0 fully saturated rings. The number of quaternary nitrogens is 10. The summed E-state index contributed by atoms with van der Waals surface area (Å²) < 4.78 is 310. The fourth-order valence-corrected chi connectivity index (χ4v) is 0. The molecule has 68 heteroatoms. The molecule has 56 nitrogen and oxygen atoms in total. The molecule has 0 unspecified atom stereocenters. The first kappa shape index (κ1) is 210. The molecule has 0 aliphatic heterocycles. The Hall–Kier alpha value is -0.350. The van der Waals surface area contributed by atoms with E-state index >= 15 is 0 Å². The van der Waals surface area contributed by atoms with Gasteiger partial charge in [0.25, 0.3) is 0 Å². The van der Waals surface area contributed by atoms with Crippen LogP contribution in [0, 0.1) is 0 Å². The summed E-state index contributed by atoms with van der Waals surface area (Å²) in [7, 11) is 0. The molecule has 48 N–H and O–H groups in total. The Labute approximate surface area is 444 Å². The van der Waals surface area contributed by atoms with Gasteiger partial charge in [0.05, 0.1) is 0 Å². The Kier molecular flexibility index (Phi) is 613. The zero-order valence-corrected chi connectivity index (χ0v) is 70.1. The summed E-state index contributed by atoms with van der Waals surface area (Å²) in [4.78, 5) is 8.56. The van der Waals surface area contributed by atoms with E-state index in [0.29, 0.717) is 0 Å². The monoisotopic (exact) mass is 3140 g/mol. The average molecular weight is 3140 g/mol. The normalized spacial score (nSPS) is 4.52. The van der Waals surface area contributed by atoms with E-state index < -0.39 is 213 Å². The number of carboxylic acid groups (broad SMARTS) is 2. The second-order valence-electron chi connectivity index (χ2n) is 2.73. The third-order valence-corrected chi connectivity index (χ3v) is 0. The number of hydrogen-bond donors (Lipinski definition) is 14. The first-order chi connectivity index (χ1) is 22.5. The van der Waals surface area contributed by atoms with Crippen molar-refractivity contribution >= 4 is 6.16 Å². The maximum atomic E-state index is 8.61. The topological polar surface area (TPSA) is 1250 Å². The van der Waals surface area contributed by atoms with Crippen molar-refractivity contribution < 1.29 is 371 Å². The summed E-state index contributed by atoms with van der Waals surface area (Å²) in [5.74, 6) is 0. The third kappa shape index (κ3) is 2380000. The molecule has 0 atom stereocenters. The van der Waals surface area contributed by atoms with Gasteiger partial charge in [-0.3, -0.25) is 0 Å². The van der Waals surface area contributed by atoms with Crippen LogP contribution in [0.5, 0.6) is 0 Å². The van der Waals surface area contributed by atoms with E-state index in [1.54, 1.807) is 0 Å². The molecule has 448 valence electrons. The van der Waals surface area contributed by atoms with Crippen molar-refractivity contribution in [2.45, 2.75) is 0 Å². The molecular weight excluding hydrogens is 3090 g/mol. The molecule has 0 saturated carbocycles. The van der Waals surface area contributed by atoms with Gasteiger partial charge in [0.1, 0.15) is 0 Å². The van der Waals surface area contributed by atoms with Gasteiger partial charge in [-0.15, -0.1) is 0 Å². The molecule has 0 amide bonds. The van der Waals surface area contributed by atoms with E-state index in [4.69, 9.17) is 137 Å². The zero-order chi connectivity index (χ0) is 46.5. The Morgan fingerprint density at radius 1 is 0.174 bits per heavy atom. The SMILES string of the molecule is N.N.O=C(O)O.[NH4+].[NH4+].[NH4+].[NH4+].[NH4+].[NH4+].[NH4+].[NH4+].[NH4+].[NH4+].[O-2].[O-2].[O-2].[O-2].[O-2].[O]=[W](=[O])=[O].[O]=[W](=[O])=[O].[O]=[W](=[O])=[O].[O]=[W](=[O])=[O].[O]=[W](=[O])=[O].[O]=[W](=[O])=[O].[O]=[W](=[O])=[O].[O]=[W](=[O])=[O].[O]=[W](=[O])=[O].[O]=[W](=[O])=[O].[O]=[W](=[O])=[O].[O]=[W](=[O])=[O]. The van der Waals surface area contributed by atoms with Gasteiger partial charge in [0, 0.05) is 0 Å². The molecule has 0 aromatic rings. The van der Waals surface area contributed by atoms with Crippen molar-refractivity contribution in [2.75, 3.05) is 0 Å². The van der Waals surface area contributed by atoms with Gasteiger partial charge in [-0.1, -0.05) is 0 Å². The van der Waals surface area contributed by atoms with E-state index in [9.17, 15) is 0 Å². The summed E-state index contributed by atoms with van der Waals surface area (Å²) in [6.07, 6.45) is -1.83. The summed E-state index contributed by atoms with van der Waals surface area (Å²) in [6, 6.07) is 0. The first-order valence-corrected chi connectivity index (χ1v) is 49.8. The summed E-state index contributed by atoms with van der Waals surface area (Å²) >= 11 is -51.3. The fourth-order valence-electron chi connectivity index (χ4n) is 0. The van der Waals surface area contributed by atoms with Crippen LogP contribution in [0.2, 0.25) is 0 Å². The minimum atomic E-state index is -4.28. The molecule has 0 aromatic carbocycles. The third-order valence-electron chi connectivity index (χ3n) is 0. The molecule has 0 saturated heterocycles. The molecule has 0 heterocycles. The van der Waals surface area contributed by atoms with Gasteiger partial charge in [-0.05, 0) is 0 Å². The van der Waals surface area contributed by atoms with Crippen molar-refractivity contribution in [1.82, 2.24) is 73.8 Å². The van der Waals surface area contributed by atoms with E-state index in [0.717, 1.165) is 0 Å².